The lowest BCUT2D eigenvalue weighted by Crippen LogP contribution is -2.30. The van der Waals surface area contributed by atoms with Crippen LogP contribution in [-0.2, 0) is 19.6 Å². The quantitative estimate of drug-likeness (QED) is 0.766. The van der Waals surface area contributed by atoms with Gasteiger partial charge in [-0.3, -0.25) is 4.79 Å². The third-order valence-electron chi connectivity index (χ3n) is 2.71. The van der Waals surface area contributed by atoms with E-state index in [-0.39, 0.29) is 16.8 Å². The number of benzene rings is 1. The molecular weight excluding hydrogens is 303 g/mol. The minimum Gasteiger partial charge on any atom is -0.465 e. The van der Waals surface area contributed by atoms with Crippen LogP contribution in [0, 0.1) is 12.7 Å². The number of hydrogen-bond acceptors (Lipinski definition) is 5. The van der Waals surface area contributed by atoms with E-state index >= 15 is 0 Å². The highest BCUT2D eigenvalue weighted by molar-refractivity contribution is 7.90. The number of nitrogens with one attached hydrogen (secondary N) is 2. The fourth-order valence-electron chi connectivity index (χ4n) is 1.60. The second kappa shape index (κ2) is 6.64. The summed E-state index contributed by atoms with van der Waals surface area (Å²) in [7, 11) is -1.43. The smallest absolute Gasteiger partial charge is 0.341 e. The normalized spacial score (nSPS) is 11.0. The molecular formula is C12H15FN2O5S. The molecule has 0 unspecified atom stereocenters. The summed E-state index contributed by atoms with van der Waals surface area (Å²) in [4.78, 5) is 23.1. The van der Waals surface area contributed by atoms with Crippen LogP contribution in [0.25, 0.3) is 0 Å². The summed E-state index contributed by atoms with van der Waals surface area (Å²) in [5.41, 5.74) is -0.0306. The molecule has 0 saturated heterocycles. The van der Waals surface area contributed by atoms with Crippen LogP contribution in [0.1, 0.15) is 15.9 Å². The predicted octanol–water partition coefficient (Wildman–Crippen LogP) is 0.408. The Hall–Kier alpha value is -2.00. The van der Waals surface area contributed by atoms with E-state index in [1.807, 2.05) is 4.72 Å². The van der Waals surface area contributed by atoms with Gasteiger partial charge in [-0.15, -0.1) is 0 Å². The summed E-state index contributed by atoms with van der Waals surface area (Å²) >= 11 is 0. The van der Waals surface area contributed by atoms with Crippen LogP contribution in [0.4, 0.5) is 10.1 Å². The molecule has 0 fully saturated rings. The second-order valence-corrected chi connectivity index (χ2v) is 6.02. The minimum atomic E-state index is -3.72. The molecule has 1 amide bonds. The van der Waals surface area contributed by atoms with E-state index < -0.39 is 33.5 Å². The van der Waals surface area contributed by atoms with E-state index in [0.29, 0.717) is 0 Å². The molecule has 0 aliphatic rings. The lowest BCUT2D eigenvalue weighted by molar-refractivity contribution is -0.113. The standard InChI is InChI=1S/C12H15FN2O5S/c1-7-9(15-10(16)6-21(18,19)14-2)5-4-8(13)11(7)12(17)20-3/h4-5,14H,6H2,1-3H3,(H,15,16). The Morgan fingerprint density at radius 3 is 2.48 bits per heavy atom. The molecule has 0 radical (unpaired) electrons. The SMILES string of the molecule is CNS(=O)(=O)CC(=O)Nc1ccc(F)c(C(=O)OC)c1C. The van der Waals surface area contributed by atoms with E-state index in [4.69, 9.17) is 0 Å². The maximum atomic E-state index is 13.6. The van der Waals surface area contributed by atoms with Gasteiger partial charge in [-0.1, -0.05) is 0 Å². The van der Waals surface area contributed by atoms with Crippen molar-refractivity contribution in [2.45, 2.75) is 6.92 Å². The molecule has 21 heavy (non-hydrogen) atoms. The summed E-state index contributed by atoms with van der Waals surface area (Å²) in [6, 6.07) is 2.22. The lowest BCUT2D eigenvalue weighted by atomic mass is 10.1. The van der Waals surface area contributed by atoms with Gasteiger partial charge >= 0.3 is 5.97 Å². The first-order valence-electron chi connectivity index (χ1n) is 5.80. The van der Waals surface area contributed by atoms with Gasteiger partial charge in [0.25, 0.3) is 0 Å². The second-order valence-electron chi connectivity index (χ2n) is 4.10. The van der Waals surface area contributed by atoms with Crippen LogP contribution in [0.5, 0.6) is 0 Å². The van der Waals surface area contributed by atoms with Crippen LogP contribution >= 0.6 is 0 Å². The monoisotopic (exact) mass is 318 g/mol. The van der Waals surface area contributed by atoms with Crippen LogP contribution in [0.3, 0.4) is 0 Å². The number of amides is 1. The van der Waals surface area contributed by atoms with E-state index in [0.717, 1.165) is 13.2 Å². The third kappa shape index (κ3) is 4.23. The summed E-state index contributed by atoms with van der Waals surface area (Å²) in [6.45, 7) is 1.41. The average molecular weight is 318 g/mol. The molecule has 2 N–H and O–H groups in total. The zero-order chi connectivity index (χ0) is 16.2. The number of ether oxygens (including phenoxy) is 1. The van der Waals surface area contributed by atoms with Gasteiger partial charge in [-0.05, 0) is 31.7 Å². The van der Waals surface area contributed by atoms with E-state index in [1.54, 1.807) is 0 Å². The van der Waals surface area contributed by atoms with Gasteiger partial charge in [0.05, 0.1) is 7.11 Å². The molecule has 1 rings (SSSR count). The third-order valence-corrected chi connectivity index (χ3v) is 3.97. The van der Waals surface area contributed by atoms with Crippen molar-refractivity contribution < 1.29 is 27.1 Å². The van der Waals surface area contributed by atoms with Crippen molar-refractivity contribution in [1.29, 1.82) is 0 Å². The van der Waals surface area contributed by atoms with E-state index in [9.17, 15) is 22.4 Å². The Labute approximate surface area is 121 Å². The molecule has 0 aromatic heterocycles. The molecule has 0 saturated carbocycles. The number of anilines is 1. The summed E-state index contributed by atoms with van der Waals surface area (Å²) < 4.78 is 42.6. The molecule has 0 aliphatic heterocycles. The number of methoxy groups -OCH3 is 1. The topological polar surface area (TPSA) is 102 Å². The number of carbonyl (C=O) groups excluding carboxylic acids is 2. The Bertz CT molecular complexity index is 672. The molecule has 116 valence electrons. The molecule has 9 heteroatoms. The van der Waals surface area contributed by atoms with E-state index in [2.05, 4.69) is 10.1 Å². The first-order chi connectivity index (χ1) is 9.71. The van der Waals surface area contributed by atoms with Crippen molar-refractivity contribution in [2.75, 3.05) is 25.2 Å². The number of rotatable bonds is 5. The molecule has 1 aromatic rings. The fraction of sp³-hybridized carbons (Fsp3) is 0.333. The van der Waals surface area contributed by atoms with Crippen molar-refractivity contribution in [2.24, 2.45) is 0 Å². The molecule has 0 heterocycles. The number of halogens is 1. The Morgan fingerprint density at radius 1 is 1.33 bits per heavy atom. The largest absolute Gasteiger partial charge is 0.465 e. The van der Waals surface area contributed by atoms with Crippen molar-refractivity contribution in [1.82, 2.24) is 4.72 Å². The summed E-state index contributed by atoms with van der Waals surface area (Å²) in [6.07, 6.45) is 0. The highest BCUT2D eigenvalue weighted by atomic mass is 32.2. The highest BCUT2D eigenvalue weighted by Crippen LogP contribution is 2.22. The average Bonchev–Trinajstić information content (AvgIpc) is 2.41. The van der Waals surface area contributed by atoms with Crippen LogP contribution in [0.15, 0.2) is 12.1 Å². The predicted molar refractivity (Wildman–Crippen MR) is 74.0 cm³/mol. The van der Waals surface area contributed by atoms with Crippen LogP contribution in [0.2, 0.25) is 0 Å². The van der Waals surface area contributed by atoms with Crippen molar-refractivity contribution in [3.8, 4) is 0 Å². The molecule has 0 aliphatic carbocycles. The molecule has 0 atom stereocenters. The van der Waals surface area contributed by atoms with Crippen LogP contribution < -0.4 is 10.0 Å². The maximum absolute atomic E-state index is 13.6. The summed E-state index contributed by atoms with van der Waals surface area (Å²) in [5, 5.41) is 2.31. The van der Waals surface area contributed by atoms with Crippen molar-refractivity contribution in [3.63, 3.8) is 0 Å². The zero-order valence-corrected chi connectivity index (χ0v) is 12.5. The van der Waals surface area contributed by atoms with Gasteiger partial charge in [0, 0.05) is 5.69 Å². The summed E-state index contributed by atoms with van der Waals surface area (Å²) in [5.74, 6) is -3.27. The minimum absolute atomic E-state index is 0.133. The molecule has 7 nitrogen and oxygen atoms in total. The Morgan fingerprint density at radius 2 is 1.95 bits per heavy atom. The Balaban J connectivity index is 3.06. The highest BCUT2D eigenvalue weighted by Gasteiger charge is 2.20. The van der Waals surface area contributed by atoms with Gasteiger partial charge < -0.3 is 10.1 Å². The lowest BCUT2D eigenvalue weighted by Gasteiger charge is -2.12. The van der Waals surface area contributed by atoms with Gasteiger partial charge in [0.15, 0.2) is 0 Å². The van der Waals surface area contributed by atoms with Gasteiger partial charge in [0.1, 0.15) is 17.1 Å². The van der Waals surface area contributed by atoms with Crippen LogP contribution in [-0.4, -0.2) is 40.2 Å². The molecule has 0 spiro atoms. The first kappa shape index (κ1) is 17.1. The van der Waals surface area contributed by atoms with Crippen molar-refractivity contribution >= 4 is 27.6 Å². The number of sulfonamides is 1. The van der Waals surface area contributed by atoms with Crippen molar-refractivity contribution in [3.05, 3.63) is 29.1 Å². The molecule has 1 aromatic carbocycles. The fourth-order valence-corrected chi connectivity index (χ4v) is 2.16. The van der Waals surface area contributed by atoms with Gasteiger partial charge in [-0.2, -0.15) is 0 Å². The Kier molecular flexibility index (Phi) is 5.39. The van der Waals surface area contributed by atoms with Gasteiger partial charge in [0.2, 0.25) is 15.9 Å². The van der Waals surface area contributed by atoms with E-state index in [1.165, 1.54) is 20.0 Å². The first-order valence-corrected chi connectivity index (χ1v) is 7.45. The zero-order valence-electron chi connectivity index (χ0n) is 11.7. The number of esters is 1. The number of hydrogen-bond donors (Lipinski definition) is 2. The molecule has 0 bridgehead atoms. The number of carbonyl (C=O) groups is 2. The maximum Gasteiger partial charge on any atom is 0.341 e. The van der Waals surface area contributed by atoms with Gasteiger partial charge in [-0.25, -0.2) is 22.3 Å².